The van der Waals surface area contributed by atoms with Crippen LogP contribution in [0.25, 0.3) is 11.0 Å². The molecule has 0 spiro atoms. The number of carboxylic acid groups (broad SMARTS) is 1. The van der Waals surface area contributed by atoms with E-state index in [1.165, 1.54) is 37.1 Å². The zero-order chi connectivity index (χ0) is 26.4. The zero-order valence-electron chi connectivity index (χ0n) is 20.2. The van der Waals surface area contributed by atoms with Crippen LogP contribution in [-0.4, -0.2) is 42.9 Å². The fourth-order valence-corrected chi connectivity index (χ4v) is 4.05. The van der Waals surface area contributed by atoms with Gasteiger partial charge in [-0.05, 0) is 45.0 Å². The molecule has 3 rings (SSSR count). The van der Waals surface area contributed by atoms with Crippen molar-refractivity contribution >= 4 is 34.7 Å². The first-order chi connectivity index (χ1) is 17.1. The molecule has 3 aromatic rings. The van der Waals surface area contributed by atoms with E-state index in [1.54, 1.807) is 25.1 Å². The maximum Gasteiger partial charge on any atom is 0.328 e. The van der Waals surface area contributed by atoms with Gasteiger partial charge in [0.25, 0.3) is 0 Å². The van der Waals surface area contributed by atoms with E-state index in [9.17, 15) is 14.4 Å². The molecule has 0 saturated carbocycles. The summed E-state index contributed by atoms with van der Waals surface area (Å²) >= 11 is 1.19. The quantitative estimate of drug-likeness (QED) is 0.282. The third-order valence-electron chi connectivity index (χ3n) is 4.68. The lowest BCUT2D eigenvalue weighted by molar-refractivity contribution is -0.143. The van der Waals surface area contributed by atoms with Crippen LogP contribution in [0.15, 0.2) is 55.6 Å². The van der Waals surface area contributed by atoms with Crippen LogP contribution < -0.4 is 30.1 Å². The minimum absolute atomic E-state index is 0.151. The van der Waals surface area contributed by atoms with E-state index < -0.39 is 24.4 Å². The summed E-state index contributed by atoms with van der Waals surface area (Å²) in [5.41, 5.74) is 5.49. The summed E-state index contributed by atoms with van der Waals surface area (Å²) in [7, 11) is 1.48. The minimum Gasteiger partial charge on any atom is -0.490 e. The monoisotopic (exact) mass is 517 g/mol. The summed E-state index contributed by atoms with van der Waals surface area (Å²) < 4.78 is 28.2. The molecular weight excluding hydrogens is 490 g/mol. The fourth-order valence-electron chi connectivity index (χ4n) is 3.25. The Kier molecular flexibility index (Phi) is 8.83. The van der Waals surface area contributed by atoms with Crippen molar-refractivity contribution in [3.05, 3.63) is 46.6 Å². The van der Waals surface area contributed by atoms with Gasteiger partial charge in [0.15, 0.2) is 22.0 Å². The summed E-state index contributed by atoms with van der Waals surface area (Å²) in [6.07, 6.45) is -0.685. The molecule has 0 fully saturated rings. The Morgan fingerprint density at radius 2 is 1.83 bits per heavy atom. The molecule has 192 valence electrons. The smallest absolute Gasteiger partial charge is 0.328 e. The van der Waals surface area contributed by atoms with E-state index >= 15 is 0 Å². The van der Waals surface area contributed by atoms with Gasteiger partial charge in [-0.25, -0.2) is 4.79 Å². The van der Waals surface area contributed by atoms with Crippen molar-refractivity contribution in [3.8, 4) is 23.0 Å². The number of carbonyl (C=O) groups is 2. The molecule has 11 heteroatoms. The Morgan fingerprint density at radius 3 is 2.42 bits per heavy atom. The molecule has 3 N–H and O–H groups in total. The van der Waals surface area contributed by atoms with Gasteiger partial charge in [-0.2, -0.15) is 0 Å². The van der Waals surface area contributed by atoms with E-state index in [0.29, 0.717) is 28.1 Å². The highest BCUT2D eigenvalue weighted by Gasteiger charge is 2.22. The predicted molar refractivity (Wildman–Crippen MR) is 132 cm³/mol. The molecule has 0 radical (unpaired) electrons. The molecule has 1 heterocycles. The van der Waals surface area contributed by atoms with Gasteiger partial charge in [-0.15, -0.1) is 0 Å². The Balaban J connectivity index is 1.89. The van der Waals surface area contributed by atoms with Crippen LogP contribution in [0, 0.1) is 0 Å². The third-order valence-corrected chi connectivity index (χ3v) is 5.60. The lowest BCUT2D eigenvalue weighted by Crippen LogP contribution is -2.36. The molecule has 0 aliphatic heterocycles. The number of aliphatic carboxylic acids is 1. The number of ether oxygens (including phenoxy) is 4. The van der Waals surface area contributed by atoms with Crippen LogP contribution in [0.1, 0.15) is 27.2 Å². The SMILES string of the molecule is CCOc1c(OC)c(OC(C)C)cc2oc(Sc3ccc(OC(=O)C(N)CC(=O)O)cc3)cc(=O)c12. The molecule has 10 nitrogen and oxygen atoms in total. The molecular formula is C25H27NO9S. The largest absolute Gasteiger partial charge is 0.490 e. The first-order valence-electron chi connectivity index (χ1n) is 11.1. The van der Waals surface area contributed by atoms with E-state index in [4.69, 9.17) is 34.2 Å². The van der Waals surface area contributed by atoms with Crippen molar-refractivity contribution in [2.45, 2.75) is 49.3 Å². The van der Waals surface area contributed by atoms with Gasteiger partial charge in [0.05, 0.1) is 26.2 Å². The van der Waals surface area contributed by atoms with Crippen LogP contribution >= 0.6 is 11.8 Å². The molecule has 1 aromatic heterocycles. The van der Waals surface area contributed by atoms with Crippen molar-refractivity contribution in [3.63, 3.8) is 0 Å². The van der Waals surface area contributed by atoms with E-state index in [2.05, 4.69) is 0 Å². The third kappa shape index (κ3) is 6.49. The van der Waals surface area contributed by atoms with Crippen molar-refractivity contribution in [2.24, 2.45) is 5.73 Å². The number of nitrogens with two attached hydrogens (primary N) is 1. The van der Waals surface area contributed by atoms with Gasteiger partial charge < -0.3 is 34.2 Å². The molecule has 0 bridgehead atoms. The molecule has 2 aromatic carbocycles. The van der Waals surface area contributed by atoms with Gasteiger partial charge >= 0.3 is 11.9 Å². The summed E-state index contributed by atoms with van der Waals surface area (Å²) in [6.45, 7) is 5.85. The van der Waals surface area contributed by atoms with Crippen molar-refractivity contribution in [1.82, 2.24) is 0 Å². The molecule has 0 amide bonds. The lowest BCUT2D eigenvalue weighted by atomic mass is 10.1. The summed E-state index contributed by atoms with van der Waals surface area (Å²) in [5.74, 6) is -0.879. The molecule has 0 saturated heterocycles. The van der Waals surface area contributed by atoms with Crippen molar-refractivity contribution in [1.29, 1.82) is 0 Å². The molecule has 0 aliphatic rings. The number of rotatable bonds is 11. The van der Waals surface area contributed by atoms with E-state index in [-0.39, 0.29) is 34.0 Å². The first-order valence-corrected chi connectivity index (χ1v) is 11.9. The van der Waals surface area contributed by atoms with E-state index in [1.807, 2.05) is 13.8 Å². The highest BCUT2D eigenvalue weighted by molar-refractivity contribution is 7.99. The Labute approximate surface area is 211 Å². The van der Waals surface area contributed by atoms with Gasteiger partial charge in [0, 0.05) is 17.0 Å². The number of hydrogen-bond acceptors (Lipinski definition) is 10. The zero-order valence-corrected chi connectivity index (χ0v) is 21.0. The minimum atomic E-state index is -1.27. The number of carboxylic acids is 1. The second kappa shape index (κ2) is 11.8. The van der Waals surface area contributed by atoms with Gasteiger partial charge in [0.1, 0.15) is 22.8 Å². The topological polar surface area (TPSA) is 148 Å². The average molecular weight is 518 g/mol. The Bertz CT molecular complexity index is 1300. The van der Waals surface area contributed by atoms with Gasteiger partial charge in [0.2, 0.25) is 5.75 Å². The molecule has 0 aliphatic carbocycles. The maximum absolute atomic E-state index is 13.0. The highest BCUT2D eigenvalue weighted by atomic mass is 32.2. The van der Waals surface area contributed by atoms with Crippen LogP contribution in [0.2, 0.25) is 0 Å². The van der Waals surface area contributed by atoms with Crippen molar-refractivity contribution in [2.75, 3.05) is 13.7 Å². The number of esters is 1. The maximum atomic E-state index is 13.0. The number of methoxy groups -OCH3 is 1. The predicted octanol–water partition coefficient (Wildman–Crippen LogP) is 3.85. The molecule has 36 heavy (non-hydrogen) atoms. The van der Waals surface area contributed by atoms with Crippen LogP contribution in [-0.2, 0) is 9.59 Å². The average Bonchev–Trinajstić information content (AvgIpc) is 2.79. The number of carbonyl (C=O) groups excluding carboxylic acids is 1. The van der Waals surface area contributed by atoms with E-state index in [0.717, 1.165) is 0 Å². The van der Waals surface area contributed by atoms with Gasteiger partial charge in [-0.3, -0.25) is 9.59 Å². The first kappa shape index (κ1) is 26.9. The number of benzene rings is 2. The highest BCUT2D eigenvalue weighted by Crippen LogP contribution is 2.44. The lowest BCUT2D eigenvalue weighted by Gasteiger charge is -2.18. The summed E-state index contributed by atoms with van der Waals surface area (Å²) in [5, 5.41) is 9.31. The van der Waals surface area contributed by atoms with Crippen molar-refractivity contribution < 1.29 is 38.1 Å². The van der Waals surface area contributed by atoms with Gasteiger partial charge in [-0.1, -0.05) is 11.8 Å². The standard InChI is InChI=1S/C25H27NO9S/c1-5-32-24-22-17(27)11-21(35-18(22)12-19(23(24)31-4)33-13(2)3)36-15-8-6-14(7-9-15)34-25(30)16(26)10-20(28)29/h6-9,11-13,16H,5,10,26H2,1-4H3,(H,28,29). The Morgan fingerprint density at radius 1 is 1.14 bits per heavy atom. The summed E-state index contributed by atoms with van der Waals surface area (Å²) in [6, 6.07) is 8.06. The normalized spacial score (nSPS) is 11.8. The number of fused-ring (bicyclic) bond motifs is 1. The molecule has 1 unspecified atom stereocenters. The van der Waals surface area contributed by atoms with Crippen LogP contribution in [0.3, 0.4) is 0 Å². The van der Waals surface area contributed by atoms with Crippen LogP contribution in [0.5, 0.6) is 23.0 Å². The second-order valence-corrected chi connectivity index (χ2v) is 8.92. The number of hydrogen-bond donors (Lipinski definition) is 2. The second-order valence-electron chi connectivity index (χ2n) is 7.84. The van der Waals surface area contributed by atoms with Crippen LogP contribution in [0.4, 0.5) is 0 Å². The fraction of sp³-hybridized carbons (Fsp3) is 0.320. The Hall–Kier alpha value is -3.70. The summed E-state index contributed by atoms with van der Waals surface area (Å²) in [4.78, 5) is 36.3. The molecule has 1 atom stereocenters.